The maximum Gasteiger partial charge on any atom is 0.309 e. The highest BCUT2D eigenvalue weighted by molar-refractivity contribution is 7.09. The van der Waals surface area contributed by atoms with Crippen molar-refractivity contribution in [3.8, 4) is 5.75 Å². The number of hydrogen-bond donors (Lipinski definition) is 0. The Hall–Kier alpha value is -2.94. The van der Waals surface area contributed by atoms with Gasteiger partial charge in [0.05, 0.1) is 23.6 Å². The molecule has 0 atom stereocenters. The first-order chi connectivity index (χ1) is 17.4. The van der Waals surface area contributed by atoms with Crippen LogP contribution in [-0.2, 0) is 9.53 Å². The summed E-state index contributed by atoms with van der Waals surface area (Å²) in [7, 11) is 0. The molecule has 0 aliphatic carbocycles. The molecule has 4 rings (SSSR count). The molecule has 0 saturated carbocycles. The number of hydrogen-bond acceptors (Lipinski definition) is 7. The molecule has 0 radical (unpaired) electrons. The average Bonchev–Trinajstić information content (AvgIpc) is 3.39. The number of piperidine rings is 2. The molecule has 8 nitrogen and oxygen atoms in total. The van der Waals surface area contributed by atoms with E-state index in [1.807, 2.05) is 48.4 Å². The minimum absolute atomic E-state index is 0.0331. The molecule has 0 N–H and O–H groups in total. The van der Waals surface area contributed by atoms with Gasteiger partial charge in [0.2, 0.25) is 0 Å². The monoisotopic (exact) mass is 513 g/mol. The molecule has 0 unspecified atom stereocenters. The van der Waals surface area contributed by atoms with Crippen molar-refractivity contribution in [3.63, 3.8) is 0 Å². The van der Waals surface area contributed by atoms with Gasteiger partial charge in [-0.3, -0.25) is 14.4 Å². The zero-order valence-corrected chi connectivity index (χ0v) is 22.1. The zero-order chi connectivity index (χ0) is 25.7. The summed E-state index contributed by atoms with van der Waals surface area (Å²) in [5, 5.41) is 2.80. The van der Waals surface area contributed by atoms with Crippen molar-refractivity contribution >= 4 is 29.1 Å². The van der Waals surface area contributed by atoms with Gasteiger partial charge in [0.1, 0.15) is 11.4 Å². The van der Waals surface area contributed by atoms with Gasteiger partial charge in [-0.1, -0.05) is 0 Å². The Kier molecular flexibility index (Phi) is 8.61. The minimum atomic E-state index is -0.164. The molecule has 2 amide bonds. The van der Waals surface area contributed by atoms with Crippen molar-refractivity contribution in [3.05, 3.63) is 45.9 Å². The van der Waals surface area contributed by atoms with Gasteiger partial charge in [0.15, 0.2) is 0 Å². The van der Waals surface area contributed by atoms with Crippen LogP contribution >= 0.6 is 11.3 Å². The second kappa shape index (κ2) is 11.9. The number of thiazole rings is 1. The number of aromatic nitrogens is 1. The Labute approximate surface area is 216 Å². The first kappa shape index (κ1) is 26.1. The summed E-state index contributed by atoms with van der Waals surface area (Å²) in [5.41, 5.74) is 1.14. The topological polar surface area (TPSA) is 89.0 Å². The van der Waals surface area contributed by atoms with Crippen molar-refractivity contribution in [2.45, 2.75) is 58.5 Å². The van der Waals surface area contributed by atoms with Crippen molar-refractivity contribution in [1.29, 1.82) is 0 Å². The standard InChI is InChI=1S/C27H35N3O5S/c1-4-34-27(33)21-11-15-30(16-12-21)26(32)23-17-36-24(28-23)19-9-13-29(14-10-19)25(31)20-5-7-22(8-6-20)35-18(2)3/h5-8,17-19,21H,4,9-16H2,1-3H3. The van der Waals surface area contributed by atoms with Crippen LogP contribution in [0.3, 0.4) is 0 Å². The van der Waals surface area contributed by atoms with Crippen LogP contribution in [0, 0.1) is 5.92 Å². The van der Waals surface area contributed by atoms with Crippen molar-refractivity contribution < 1.29 is 23.9 Å². The zero-order valence-electron chi connectivity index (χ0n) is 21.3. The first-order valence-corrected chi connectivity index (χ1v) is 13.7. The van der Waals surface area contributed by atoms with E-state index in [0.717, 1.165) is 23.6 Å². The highest BCUT2D eigenvalue weighted by Crippen LogP contribution is 2.31. The van der Waals surface area contributed by atoms with Crippen LogP contribution in [-0.4, -0.2) is 71.5 Å². The number of amides is 2. The Balaban J connectivity index is 1.27. The number of likely N-dealkylation sites (tertiary alicyclic amines) is 2. The number of nitrogens with zero attached hydrogens (tertiary/aromatic N) is 3. The van der Waals surface area contributed by atoms with E-state index in [1.165, 1.54) is 11.3 Å². The second-order valence-electron chi connectivity index (χ2n) is 9.65. The van der Waals surface area contributed by atoms with E-state index < -0.39 is 0 Å². The third-order valence-electron chi connectivity index (χ3n) is 6.75. The smallest absolute Gasteiger partial charge is 0.309 e. The van der Waals surface area contributed by atoms with Gasteiger partial charge in [0, 0.05) is 43.0 Å². The first-order valence-electron chi connectivity index (χ1n) is 12.8. The number of carbonyl (C=O) groups is 3. The van der Waals surface area contributed by atoms with E-state index in [2.05, 4.69) is 4.98 Å². The third kappa shape index (κ3) is 6.24. The molecule has 2 aliphatic rings. The fraction of sp³-hybridized carbons (Fsp3) is 0.556. The summed E-state index contributed by atoms with van der Waals surface area (Å²) < 4.78 is 10.8. The van der Waals surface area contributed by atoms with E-state index >= 15 is 0 Å². The van der Waals surface area contributed by atoms with Crippen molar-refractivity contribution in [2.75, 3.05) is 32.8 Å². The van der Waals surface area contributed by atoms with Gasteiger partial charge in [0.25, 0.3) is 11.8 Å². The van der Waals surface area contributed by atoms with E-state index in [1.54, 1.807) is 11.8 Å². The molecule has 0 bridgehead atoms. The van der Waals surface area contributed by atoms with Crippen molar-refractivity contribution in [1.82, 2.24) is 14.8 Å². The van der Waals surface area contributed by atoms with E-state index in [0.29, 0.717) is 56.9 Å². The molecule has 2 aliphatic heterocycles. The maximum atomic E-state index is 13.0. The molecular formula is C27H35N3O5S. The Bertz CT molecular complexity index is 1050. The molecular weight excluding hydrogens is 478 g/mol. The lowest BCUT2D eigenvalue weighted by molar-refractivity contribution is -0.149. The van der Waals surface area contributed by atoms with E-state index in [-0.39, 0.29) is 35.7 Å². The third-order valence-corrected chi connectivity index (χ3v) is 7.75. The number of ether oxygens (including phenoxy) is 2. The SMILES string of the molecule is CCOC(=O)C1CCN(C(=O)c2csc(C3CCN(C(=O)c4ccc(OC(C)C)cc4)CC3)n2)CC1. The summed E-state index contributed by atoms with van der Waals surface area (Å²) in [5.74, 6) is 0.680. The fourth-order valence-electron chi connectivity index (χ4n) is 4.77. The lowest BCUT2D eigenvalue weighted by Gasteiger charge is -2.31. The molecule has 2 aromatic rings. The second-order valence-corrected chi connectivity index (χ2v) is 10.5. The average molecular weight is 514 g/mol. The van der Waals surface area contributed by atoms with Gasteiger partial charge >= 0.3 is 5.97 Å². The Morgan fingerprint density at radius 1 is 0.972 bits per heavy atom. The number of rotatable bonds is 7. The lowest BCUT2D eigenvalue weighted by atomic mass is 9.96. The van der Waals surface area contributed by atoms with Crippen LogP contribution < -0.4 is 4.74 Å². The summed E-state index contributed by atoms with van der Waals surface area (Å²) in [6.07, 6.45) is 3.00. The van der Waals surface area contributed by atoms with Gasteiger partial charge in [-0.25, -0.2) is 4.98 Å². The molecule has 1 aromatic heterocycles. The summed E-state index contributed by atoms with van der Waals surface area (Å²) >= 11 is 1.52. The van der Waals surface area contributed by atoms with Crippen LogP contribution in [0.5, 0.6) is 5.75 Å². The molecule has 0 spiro atoms. The lowest BCUT2D eigenvalue weighted by Crippen LogP contribution is -2.40. The van der Waals surface area contributed by atoms with Crippen LogP contribution in [0.25, 0.3) is 0 Å². The number of esters is 1. The minimum Gasteiger partial charge on any atom is -0.491 e. The molecule has 2 saturated heterocycles. The van der Waals surface area contributed by atoms with E-state index in [9.17, 15) is 14.4 Å². The van der Waals surface area contributed by atoms with Crippen LogP contribution in [0.2, 0.25) is 0 Å². The molecule has 3 heterocycles. The largest absolute Gasteiger partial charge is 0.491 e. The fourth-order valence-corrected chi connectivity index (χ4v) is 5.74. The molecule has 1 aromatic carbocycles. The quantitative estimate of drug-likeness (QED) is 0.511. The maximum absolute atomic E-state index is 13.0. The normalized spacial score (nSPS) is 17.3. The van der Waals surface area contributed by atoms with Gasteiger partial charge in [-0.05, 0) is 70.7 Å². The Morgan fingerprint density at radius 3 is 2.19 bits per heavy atom. The predicted octanol–water partition coefficient (Wildman–Crippen LogP) is 4.37. The van der Waals surface area contributed by atoms with Crippen LogP contribution in [0.1, 0.15) is 78.2 Å². The predicted molar refractivity (Wildman–Crippen MR) is 137 cm³/mol. The van der Waals surface area contributed by atoms with Crippen LogP contribution in [0.15, 0.2) is 29.6 Å². The Morgan fingerprint density at radius 2 is 1.58 bits per heavy atom. The summed E-state index contributed by atoms with van der Waals surface area (Å²) in [6.45, 7) is 8.55. The van der Waals surface area contributed by atoms with Crippen LogP contribution in [0.4, 0.5) is 0 Å². The number of benzene rings is 1. The molecule has 2 fully saturated rings. The molecule has 36 heavy (non-hydrogen) atoms. The number of carbonyl (C=O) groups excluding carboxylic acids is 3. The van der Waals surface area contributed by atoms with Gasteiger partial charge in [-0.2, -0.15) is 0 Å². The summed E-state index contributed by atoms with van der Waals surface area (Å²) in [4.78, 5) is 46.2. The van der Waals surface area contributed by atoms with Crippen molar-refractivity contribution in [2.24, 2.45) is 5.92 Å². The molecule has 194 valence electrons. The van der Waals surface area contributed by atoms with Gasteiger partial charge < -0.3 is 19.3 Å². The highest BCUT2D eigenvalue weighted by atomic mass is 32.1. The van der Waals surface area contributed by atoms with E-state index in [4.69, 9.17) is 9.47 Å². The highest BCUT2D eigenvalue weighted by Gasteiger charge is 2.31. The summed E-state index contributed by atoms with van der Waals surface area (Å²) in [6, 6.07) is 7.32. The van der Waals surface area contributed by atoms with Gasteiger partial charge in [-0.15, -0.1) is 11.3 Å². The molecule has 9 heteroatoms.